The number of anilines is 2. The number of nitrogens with one attached hydrogen (secondary N) is 1. The number of nitrogens with zero attached hydrogens (tertiary/aromatic N) is 2. The van der Waals surface area contributed by atoms with E-state index in [4.69, 9.17) is 10.7 Å². The Morgan fingerprint density at radius 3 is 2.65 bits per heavy atom. The fourth-order valence-electron chi connectivity index (χ4n) is 4.65. The van der Waals surface area contributed by atoms with Gasteiger partial charge >= 0.3 is 0 Å². The number of hydrogen-bond donors (Lipinski definition) is 2. The minimum Gasteiger partial charge on any atom is -0.397 e. The molecule has 3 heterocycles. The highest BCUT2D eigenvalue weighted by Crippen LogP contribution is 2.36. The maximum Gasteiger partial charge on any atom is 0.269 e. The van der Waals surface area contributed by atoms with E-state index >= 15 is 0 Å². The molecule has 5 aromatic rings. The lowest BCUT2D eigenvalue weighted by molar-refractivity contribution is 0.103. The van der Waals surface area contributed by atoms with Gasteiger partial charge in [0.1, 0.15) is 9.71 Å². The van der Waals surface area contributed by atoms with Crippen molar-refractivity contribution in [1.82, 2.24) is 9.97 Å². The van der Waals surface area contributed by atoms with Crippen LogP contribution in [0.5, 0.6) is 0 Å². The zero-order chi connectivity index (χ0) is 23.1. The Labute approximate surface area is 205 Å². The standard InChI is InChI=1S/C27H24N4OS2/c28-23-20-14-18-9-3-1-2-4-10-21(18)29-26(20)34-24(23)25(32)31-27-30-22(15-33-27)19-12-11-16-7-5-6-8-17(16)13-19/h5-8,11-15H,1-4,9-10,28H2,(H,30,31,32). The normalized spacial score (nSPS) is 14.0. The number of hydrogen-bond acceptors (Lipinski definition) is 6. The Morgan fingerprint density at radius 1 is 0.941 bits per heavy atom. The van der Waals surface area contributed by atoms with Gasteiger partial charge in [-0.15, -0.1) is 22.7 Å². The van der Waals surface area contributed by atoms with Gasteiger partial charge < -0.3 is 5.73 Å². The average molecular weight is 485 g/mol. The van der Waals surface area contributed by atoms with Gasteiger partial charge in [-0.05, 0) is 54.2 Å². The predicted octanol–water partition coefficient (Wildman–Crippen LogP) is 7.07. The second kappa shape index (κ2) is 8.81. The Bertz CT molecular complexity index is 1530. The highest BCUT2D eigenvalue weighted by Gasteiger charge is 2.21. The number of benzene rings is 2. The molecule has 6 rings (SSSR count). The zero-order valence-electron chi connectivity index (χ0n) is 18.6. The Hall–Kier alpha value is -3.29. The molecule has 5 nitrogen and oxygen atoms in total. The van der Waals surface area contributed by atoms with Crippen LogP contribution in [0.2, 0.25) is 0 Å². The molecule has 0 saturated carbocycles. The van der Waals surface area contributed by atoms with Crippen molar-refractivity contribution in [2.75, 3.05) is 11.1 Å². The molecule has 34 heavy (non-hydrogen) atoms. The molecular weight excluding hydrogens is 460 g/mol. The Kier molecular flexibility index (Phi) is 5.51. The first-order valence-electron chi connectivity index (χ1n) is 11.6. The first-order valence-corrected chi connectivity index (χ1v) is 13.3. The fourth-order valence-corrected chi connectivity index (χ4v) is 6.35. The van der Waals surface area contributed by atoms with Crippen LogP contribution in [0.1, 0.15) is 46.6 Å². The van der Waals surface area contributed by atoms with E-state index in [9.17, 15) is 4.79 Å². The molecule has 1 aliphatic carbocycles. The van der Waals surface area contributed by atoms with E-state index in [0.29, 0.717) is 15.7 Å². The lowest BCUT2D eigenvalue weighted by atomic mass is 9.96. The van der Waals surface area contributed by atoms with Crippen molar-refractivity contribution in [3.63, 3.8) is 0 Å². The van der Waals surface area contributed by atoms with Crippen LogP contribution in [-0.2, 0) is 12.8 Å². The Balaban J connectivity index is 1.27. The number of carbonyl (C=O) groups is 1. The van der Waals surface area contributed by atoms with Gasteiger partial charge in [-0.25, -0.2) is 9.97 Å². The molecule has 7 heteroatoms. The summed E-state index contributed by atoms with van der Waals surface area (Å²) in [6.45, 7) is 0. The first-order chi connectivity index (χ1) is 16.7. The van der Waals surface area contributed by atoms with E-state index in [1.54, 1.807) is 0 Å². The van der Waals surface area contributed by atoms with Gasteiger partial charge in [-0.2, -0.15) is 0 Å². The quantitative estimate of drug-likeness (QED) is 0.287. The second-order valence-electron chi connectivity index (χ2n) is 8.76. The minimum absolute atomic E-state index is 0.229. The molecule has 0 unspecified atom stereocenters. The molecule has 2 aromatic carbocycles. The van der Waals surface area contributed by atoms with Crippen molar-refractivity contribution in [2.24, 2.45) is 0 Å². The van der Waals surface area contributed by atoms with Gasteiger partial charge in [-0.3, -0.25) is 10.1 Å². The van der Waals surface area contributed by atoms with E-state index in [0.717, 1.165) is 34.3 Å². The van der Waals surface area contributed by atoms with Crippen LogP contribution < -0.4 is 11.1 Å². The topological polar surface area (TPSA) is 80.9 Å². The number of nitrogen functional groups attached to an aromatic ring is 1. The molecule has 0 bridgehead atoms. The number of aromatic nitrogens is 2. The third-order valence-electron chi connectivity index (χ3n) is 6.48. The van der Waals surface area contributed by atoms with Gasteiger partial charge in [0, 0.05) is 22.0 Å². The molecule has 1 amide bonds. The smallest absolute Gasteiger partial charge is 0.269 e. The number of pyridine rings is 1. The van der Waals surface area contributed by atoms with E-state index in [1.807, 2.05) is 17.5 Å². The number of thiophene rings is 1. The van der Waals surface area contributed by atoms with Crippen LogP contribution in [0.3, 0.4) is 0 Å². The minimum atomic E-state index is -0.229. The number of amides is 1. The summed E-state index contributed by atoms with van der Waals surface area (Å²) in [5.41, 5.74) is 11.3. The van der Waals surface area contributed by atoms with Crippen LogP contribution in [0.4, 0.5) is 10.8 Å². The van der Waals surface area contributed by atoms with Gasteiger partial charge in [0.25, 0.3) is 5.91 Å². The highest BCUT2D eigenvalue weighted by atomic mass is 32.1. The maximum absolute atomic E-state index is 13.1. The molecule has 0 spiro atoms. The zero-order valence-corrected chi connectivity index (χ0v) is 20.3. The number of fused-ring (bicyclic) bond motifs is 3. The summed E-state index contributed by atoms with van der Waals surface area (Å²) in [6, 6.07) is 16.7. The lowest BCUT2D eigenvalue weighted by Crippen LogP contribution is -2.11. The van der Waals surface area contributed by atoms with E-state index in [-0.39, 0.29) is 5.91 Å². The molecule has 1 aliphatic rings. The van der Waals surface area contributed by atoms with Gasteiger partial charge in [-0.1, -0.05) is 49.2 Å². The number of rotatable bonds is 3. The van der Waals surface area contributed by atoms with Crippen LogP contribution in [0.15, 0.2) is 53.9 Å². The highest BCUT2D eigenvalue weighted by molar-refractivity contribution is 7.21. The van der Waals surface area contributed by atoms with Crippen LogP contribution in [0, 0.1) is 0 Å². The summed E-state index contributed by atoms with van der Waals surface area (Å²) in [6.07, 6.45) is 6.91. The first kappa shape index (κ1) is 21.3. The molecule has 0 radical (unpaired) electrons. The van der Waals surface area contributed by atoms with E-state index in [2.05, 4.69) is 46.7 Å². The largest absolute Gasteiger partial charge is 0.397 e. The molecule has 0 saturated heterocycles. The summed E-state index contributed by atoms with van der Waals surface area (Å²) in [5.74, 6) is -0.229. The van der Waals surface area contributed by atoms with E-state index in [1.165, 1.54) is 70.4 Å². The van der Waals surface area contributed by atoms with Crippen molar-refractivity contribution in [2.45, 2.75) is 38.5 Å². The third kappa shape index (κ3) is 3.95. The Morgan fingerprint density at radius 2 is 1.76 bits per heavy atom. The van der Waals surface area contributed by atoms with Crippen LogP contribution in [-0.4, -0.2) is 15.9 Å². The monoisotopic (exact) mass is 484 g/mol. The van der Waals surface area contributed by atoms with Crippen LogP contribution >= 0.6 is 22.7 Å². The maximum atomic E-state index is 13.1. The summed E-state index contributed by atoms with van der Waals surface area (Å²) in [7, 11) is 0. The van der Waals surface area contributed by atoms with Crippen molar-refractivity contribution in [1.29, 1.82) is 0 Å². The third-order valence-corrected chi connectivity index (χ3v) is 8.35. The van der Waals surface area contributed by atoms with Gasteiger partial charge in [0.15, 0.2) is 5.13 Å². The molecule has 0 aliphatic heterocycles. The summed E-state index contributed by atoms with van der Waals surface area (Å²) >= 11 is 2.79. The SMILES string of the molecule is Nc1c(C(=O)Nc2nc(-c3ccc4ccccc4c3)cs2)sc2nc3c(cc12)CCCCCC3. The number of carbonyl (C=O) groups excluding carboxylic acids is 1. The molecule has 3 N–H and O–H groups in total. The summed E-state index contributed by atoms with van der Waals surface area (Å²) < 4.78 is 0. The van der Waals surface area contributed by atoms with Crippen molar-refractivity contribution < 1.29 is 4.79 Å². The molecule has 0 fully saturated rings. The van der Waals surface area contributed by atoms with E-state index < -0.39 is 0 Å². The number of thiazole rings is 1. The average Bonchev–Trinajstić information content (AvgIpc) is 3.43. The van der Waals surface area contributed by atoms with Crippen LogP contribution in [0.25, 0.3) is 32.2 Å². The van der Waals surface area contributed by atoms with Crippen molar-refractivity contribution in [3.05, 3.63) is 70.0 Å². The molecule has 3 aromatic heterocycles. The predicted molar refractivity (Wildman–Crippen MR) is 143 cm³/mol. The number of aryl methyl sites for hydroxylation is 2. The van der Waals surface area contributed by atoms with Gasteiger partial charge in [0.05, 0.1) is 11.4 Å². The summed E-state index contributed by atoms with van der Waals surface area (Å²) in [4.78, 5) is 24.0. The van der Waals surface area contributed by atoms with Gasteiger partial charge in [0.2, 0.25) is 0 Å². The molecule has 0 atom stereocenters. The summed E-state index contributed by atoms with van der Waals surface area (Å²) in [5, 5.41) is 8.73. The van der Waals surface area contributed by atoms with Crippen molar-refractivity contribution in [3.8, 4) is 11.3 Å². The van der Waals surface area contributed by atoms with Crippen molar-refractivity contribution >= 4 is 60.4 Å². The number of nitrogens with two attached hydrogens (primary N) is 1. The lowest BCUT2D eigenvalue weighted by Gasteiger charge is -2.12. The second-order valence-corrected chi connectivity index (χ2v) is 10.6. The fraction of sp³-hybridized carbons (Fsp3) is 0.222. The molecule has 170 valence electrons. The molecular formula is C27H24N4OS2.